The van der Waals surface area contributed by atoms with E-state index < -0.39 is 0 Å². The zero-order chi connectivity index (χ0) is 15.4. The number of nitrogens with zero attached hydrogens (tertiary/aromatic N) is 4. The first-order chi connectivity index (χ1) is 10.8. The first-order valence-electron chi connectivity index (χ1n) is 7.54. The summed E-state index contributed by atoms with van der Waals surface area (Å²) < 4.78 is 5.21. The number of aromatic nitrogens is 3. The number of hydrogen-bond donors (Lipinski definition) is 0. The lowest BCUT2D eigenvalue weighted by Gasteiger charge is -2.31. The van der Waals surface area contributed by atoms with Crippen molar-refractivity contribution in [3.63, 3.8) is 0 Å². The van der Waals surface area contributed by atoms with Crippen LogP contribution in [0.15, 0.2) is 36.5 Å². The number of carbonyl (C=O) groups is 1. The fraction of sp³-hybridized carbons (Fsp3) is 0.438. The van der Waals surface area contributed by atoms with E-state index in [-0.39, 0.29) is 5.91 Å². The summed E-state index contributed by atoms with van der Waals surface area (Å²) in [5.41, 5.74) is 1.24. The molecule has 1 fully saturated rings. The molecule has 1 saturated heterocycles. The van der Waals surface area contributed by atoms with Crippen molar-refractivity contribution in [3.05, 3.63) is 42.2 Å². The van der Waals surface area contributed by atoms with Gasteiger partial charge in [0.1, 0.15) is 0 Å². The van der Waals surface area contributed by atoms with Gasteiger partial charge in [0.25, 0.3) is 5.91 Å². The second-order valence-electron chi connectivity index (χ2n) is 5.57. The summed E-state index contributed by atoms with van der Waals surface area (Å²) in [5.74, 6) is 0.356. The van der Waals surface area contributed by atoms with Crippen molar-refractivity contribution in [2.75, 3.05) is 26.8 Å². The molecule has 1 aromatic carbocycles. The van der Waals surface area contributed by atoms with Gasteiger partial charge in [-0.15, -0.1) is 5.10 Å². The van der Waals surface area contributed by atoms with Crippen molar-refractivity contribution < 1.29 is 9.53 Å². The van der Waals surface area contributed by atoms with Gasteiger partial charge in [-0.1, -0.05) is 18.2 Å². The van der Waals surface area contributed by atoms with E-state index in [4.69, 9.17) is 4.74 Å². The summed E-state index contributed by atoms with van der Waals surface area (Å²) >= 11 is 0. The van der Waals surface area contributed by atoms with Crippen LogP contribution in [0.1, 0.15) is 23.3 Å². The Bertz CT molecular complexity index is 624. The third-order valence-electron chi connectivity index (χ3n) is 3.91. The molecule has 0 radical (unpaired) electrons. The highest BCUT2D eigenvalue weighted by Crippen LogP contribution is 2.18. The predicted octanol–water partition coefficient (Wildman–Crippen LogP) is 1.77. The van der Waals surface area contributed by atoms with Gasteiger partial charge in [0.05, 0.1) is 18.5 Å². The average molecular weight is 300 g/mol. The average Bonchev–Trinajstić information content (AvgIpc) is 3.05. The molecule has 2 heterocycles. The lowest BCUT2D eigenvalue weighted by atomic mass is 9.99. The van der Waals surface area contributed by atoms with Crippen LogP contribution in [0.25, 0.3) is 5.69 Å². The molecule has 3 rings (SSSR count). The Hall–Kier alpha value is -2.21. The van der Waals surface area contributed by atoms with Gasteiger partial charge in [0, 0.05) is 20.2 Å². The number of ether oxygens (including phenoxy) is 1. The maximum Gasteiger partial charge on any atom is 0.276 e. The molecular formula is C16H20N4O2. The zero-order valence-electron chi connectivity index (χ0n) is 12.7. The standard InChI is InChI=1S/C16H20N4O2/c1-22-12-13-6-5-9-19(11-13)16(21)15-10-17-20(18-15)14-7-3-2-4-8-14/h2-4,7-8,10,13H,5-6,9,11-12H2,1H3. The second-order valence-corrected chi connectivity index (χ2v) is 5.57. The van der Waals surface area contributed by atoms with Gasteiger partial charge in [0.15, 0.2) is 5.69 Å². The smallest absolute Gasteiger partial charge is 0.276 e. The molecule has 0 aliphatic carbocycles. The molecule has 1 aliphatic rings. The van der Waals surface area contributed by atoms with Gasteiger partial charge < -0.3 is 9.64 Å². The Labute approximate surface area is 129 Å². The molecule has 116 valence electrons. The van der Waals surface area contributed by atoms with E-state index in [0.29, 0.717) is 18.2 Å². The fourth-order valence-corrected chi connectivity index (χ4v) is 2.83. The first kappa shape index (κ1) is 14.7. The van der Waals surface area contributed by atoms with Crippen molar-refractivity contribution >= 4 is 5.91 Å². The molecule has 2 aromatic rings. The highest BCUT2D eigenvalue weighted by Gasteiger charge is 2.26. The minimum atomic E-state index is -0.0528. The zero-order valence-corrected chi connectivity index (χ0v) is 12.7. The van der Waals surface area contributed by atoms with Gasteiger partial charge in [0.2, 0.25) is 0 Å². The highest BCUT2D eigenvalue weighted by molar-refractivity contribution is 5.92. The molecular weight excluding hydrogens is 280 g/mol. The van der Waals surface area contributed by atoms with Gasteiger partial charge in [-0.25, -0.2) is 0 Å². The van der Waals surface area contributed by atoms with Crippen LogP contribution in [0, 0.1) is 5.92 Å². The van der Waals surface area contributed by atoms with Gasteiger partial charge in [-0.05, 0) is 30.9 Å². The molecule has 0 N–H and O–H groups in total. The lowest BCUT2D eigenvalue weighted by molar-refractivity contribution is 0.0565. The Morgan fingerprint density at radius 2 is 2.18 bits per heavy atom. The van der Waals surface area contributed by atoms with Gasteiger partial charge in [-0.2, -0.15) is 9.90 Å². The summed E-state index contributed by atoms with van der Waals surface area (Å²) in [6.45, 7) is 2.20. The maximum atomic E-state index is 12.6. The minimum absolute atomic E-state index is 0.0528. The molecule has 1 aromatic heterocycles. The lowest BCUT2D eigenvalue weighted by Crippen LogP contribution is -2.41. The van der Waals surface area contributed by atoms with Crippen molar-refractivity contribution in [2.24, 2.45) is 5.92 Å². The largest absolute Gasteiger partial charge is 0.384 e. The van der Waals surface area contributed by atoms with Crippen molar-refractivity contribution in [2.45, 2.75) is 12.8 Å². The van der Waals surface area contributed by atoms with Gasteiger partial charge in [-0.3, -0.25) is 4.79 Å². The normalized spacial score (nSPS) is 18.4. The third-order valence-corrected chi connectivity index (χ3v) is 3.91. The Balaban J connectivity index is 1.71. The molecule has 0 spiro atoms. The van der Waals surface area contributed by atoms with E-state index in [1.807, 2.05) is 35.2 Å². The van der Waals surface area contributed by atoms with E-state index >= 15 is 0 Å². The SMILES string of the molecule is COCC1CCCN(C(=O)c2cnn(-c3ccccc3)n2)C1. The van der Waals surface area contributed by atoms with E-state index in [9.17, 15) is 4.79 Å². The number of piperidine rings is 1. The topological polar surface area (TPSA) is 60.2 Å². The van der Waals surface area contributed by atoms with Crippen LogP contribution < -0.4 is 0 Å². The molecule has 1 aliphatic heterocycles. The van der Waals surface area contributed by atoms with E-state index in [0.717, 1.165) is 31.6 Å². The number of benzene rings is 1. The summed E-state index contributed by atoms with van der Waals surface area (Å²) in [6, 6.07) is 9.58. The summed E-state index contributed by atoms with van der Waals surface area (Å²) in [6.07, 6.45) is 3.65. The van der Waals surface area contributed by atoms with Crippen LogP contribution in [-0.2, 0) is 4.74 Å². The van der Waals surface area contributed by atoms with Crippen LogP contribution in [0.3, 0.4) is 0 Å². The summed E-state index contributed by atoms with van der Waals surface area (Å²) in [4.78, 5) is 15.9. The number of carbonyl (C=O) groups excluding carboxylic acids is 1. The maximum absolute atomic E-state index is 12.6. The summed E-state index contributed by atoms with van der Waals surface area (Å²) in [5, 5.41) is 8.50. The van der Waals surface area contributed by atoms with E-state index in [1.54, 1.807) is 7.11 Å². The second kappa shape index (κ2) is 6.70. The van der Waals surface area contributed by atoms with Crippen molar-refractivity contribution in [1.29, 1.82) is 0 Å². The first-order valence-corrected chi connectivity index (χ1v) is 7.54. The quantitative estimate of drug-likeness (QED) is 0.863. The van der Waals surface area contributed by atoms with Crippen LogP contribution in [0.2, 0.25) is 0 Å². The van der Waals surface area contributed by atoms with Crippen LogP contribution in [-0.4, -0.2) is 52.6 Å². The molecule has 6 heteroatoms. The van der Waals surface area contributed by atoms with Gasteiger partial charge >= 0.3 is 0 Å². The number of rotatable bonds is 4. The van der Waals surface area contributed by atoms with Crippen LogP contribution in [0.5, 0.6) is 0 Å². The number of likely N-dealkylation sites (tertiary alicyclic amines) is 1. The van der Waals surface area contributed by atoms with Crippen LogP contribution >= 0.6 is 0 Å². The number of para-hydroxylation sites is 1. The van der Waals surface area contributed by atoms with Crippen molar-refractivity contribution in [1.82, 2.24) is 19.9 Å². The molecule has 1 unspecified atom stereocenters. The highest BCUT2D eigenvalue weighted by atomic mass is 16.5. The summed E-state index contributed by atoms with van der Waals surface area (Å²) in [7, 11) is 1.70. The molecule has 6 nitrogen and oxygen atoms in total. The fourth-order valence-electron chi connectivity index (χ4n) is 2.83. The Morgan fingerprint density at radius 3 is 2.95 bits per heavy atom. The van der Waals surface area contributed by atoms with E-state index in [2.05, 4.69) is 10.2 Å². The number of methoxy groups -OCH3 is 1. The molecule has 22 heavy (non-hydrogen) atoms. The monoisotopic (exact) mass is 300 g/mol. The Kier molecular flexibility index (Phi) is 4.48. The number of hydrogen-bond acceptors (Lipinski definition) is 4. The third kappa shape index (κ3) is 3.17. The Morgan fingerprint density at radius 1 is 1.36 bits per heavy atom. The molecule has 0 saturated carbocycles. The minimum Gasteiger partial charge on any atom is -0.384 e. The number of amides is 1. The van der Waals surface area contributed by atoms with E-state index in [1.165, 1.54) is 11.0 Å². The molecule has 0 bridgehead atoms. The van der Waals surface area contributed by atoms with Crippen LogP contribution in [0.4, 0.5) is 0 Å². The van der Waals surface area contributed by atoms with Crippen molar-refractivity contribution in [3.8, 4) is 5.69 Å². The predicted molar refractivity (Wildman–Crippen MR) is 81.9 cm³/mol. The molecule has 1 atom stereocenters. The molecule has 1 amide bonds.